The Labute approximate surface area is 193 Å². The smallest absolute Gasteiger partial charge is 0.227 e. The first kappa shape index (κ1) is 20.7. The van der Waals surface area contributed by atoms with E-state index >= 15 is 0 Å². The summed E-state index contributed by atoms with van der Waals surface area (Å²) < 4.78 is 0. The van der Waals surface area contributed by atoms with E-state index in [9.17, 15) is 0 Å². The number of nitrogens with zero attached hydrogens (tertiary/aromatic N) is 3. The van der Waals surface area contributed by atoms with E-state index < -0.39 is 0 Å². The molecule has 1 saturated heterocycles. The molecule has 0 saturated carbocycles. The molecule has 0 aliphatic carbocycles. The van der Waals surface area contributed by atoms with Crippen LogP contribution in [0.2, 0.25) is 5.02 Å². The molecule has 5 rings (SSSR count). The van der Waals surface area contributed by atoms with E-state index in [1.165, 1.54) is 25.9 Å². The van der Waals surface area contributed by atoms with E-state index in [0.717, 1.165) is 46.5 Å². The maximum absolute atomic E-state index is 5.98. The SMILES string of the molecule is Clc1ccc(Nc2ncc3cccc(-c4ccc(NCCN5CCCC5)cc4)c3n2)cc1. The van der Waals surface area contributed by atoms with Gasteiger partial charge in [-0.15, -0.1) is 0 Å². The number of rotatable bonds is 7. The molecule has 4 aromatic rings. The molecule has 6 heteroatoms. The predicted molar refractivity (Wildman–Crippen MR) is 134 cm³/mol. The monoisotopic (exact) mass is 443 g/mol. The fraction of sp³-hybridized carbons (Fsp3) is 0.231. The molecule has 0 atom stereocenters. The van der Waals surface area contributed by atoms with Gasteiger partial charge in [-0.25, -0.2) is 9.97 Å². The van der Waals surface area contributed by atoms with E-state index in [-0.39, 0.29) is 0 Å². The van der Waals surface area contributed by atoms with Crippen molar-refractivity contribution in [2.45, 2.75) is 12.8 Å². The second kappa shape index (κ2) is 9.55. The van der Waals surface area contributed by atoms with Gasteiger partial charge in [-0.2, -0.15) is 0 Å². The Bertz CT molecular complexity index is 1190. The van der Waals surface area contributed by atoms with Crippen LogP contribution in [0, 0.1) is 0 Å². The van der Waals surface area contributed by atoms with Crippen molar-refractivity contribution in [1.82, 2.24) is 14.9 Å². The molecule has 0 amide bonds. The van der Waals surface area contributed by atoms with Crippen molar-refractivity contribution in [3.05, 3.63) is 77.9 Å². The van der Waals surface area contributed by atoms with Gasteiger partial charge in [0.1, 0.15) is 0 Å². The molecule has 1 aliphatic rings. The van der Waals surface area contributed by atoms with Crippen LogP contribution in [0.15, 0.2) is 72.9 Å². The largest absolute Gasteiger partial charge is 0.384 e. The Morgan fingerprint density at radius 2 is 1.62 bits per heavy atom. The van der Waals surface area contributed by atoms with Crippen molar-refractivity contribution in [3.8, 4) is 11.1 Å². The standard InChI is InChI=1S/C26H26ClN5/c27-21-8-12-23(13-9-21)30-26-29-18-20-4-3-5-24(25(20)31-26)19-6-10-22(11-7-19)28-14-17-32-15-1-2-16-32/h3-13,18,28H,1-2,14-17H2,(H,29,30,31). The topological polar surface area (TPSA) is 53.1 Å². The van der Waals surface area contributed by atoms with Crippen molar-refractivity contribution in [3.63, 3.8) is 0 Å². The highest BCUT2D eigenvalue weighted by Gasteiger charge is 2.11. The molecule has 162 valence electrons. The zero-order valence-corrected chi connectivity index (χ0v) is 18.6. The van der Waals surface area contributed by atoms with Crippen LogP contribution in [0.1, 0.15) is 12.8 Å². The minimum atomic E-state index is 0.562. The molecule has 1 aliphatic heterocycles. The number of anilines is 3. The minimum absolute atomic E-state index is 0.562. The van der Waals surface area contributed by atoms with Gasteiger partial charge in [-0.05, 0) is 67.9 Å². The summed E-state index contributed by atoms with van der Waals surface area (Å²) in [4.78, 5) is 11.8. The van der Waals surface area contributed by atoms with Gasteiger partial charge < -0.3 is 15.5 Å². The molecule has 3 aromatic carbocycles. The van der Waals surface area contributed by atoms with E-state index in [4.69, 9.17) is 16.6 Å². The highest BCUT2D eigenvalue weighted by Crippen LogP contribution is 2.29. The van der Waals surface area contributed by atoms with E-state index in [1.807, 2.05) is 36.5 Å². The molecule has 0 spiro atoms. The molecular weight excluding hydrogens is 418 g/mol. The highest BCUT2D eigenvalue weighted by molar-refractivity contribution is 6.30. The van der Waals surface area contributed by atoms with E-state index in [2.05, 4.69) is 56.9 Å². The molecule has 5 nitrogen and oxygen atoms in total. The minimum Gasteiger partial charge on any atom is -0.384 e. The van der Waals surface area contributed by atoms with Gasteiger partial charge in [0.25, 0.3) is 0 Å². The van der Waals surface area contributed by atoms with Gasteiger partial charge >= 0.3 is 0 Å². The summed E-state index contributed by atoms with van der Waals surface area (Å²) >= 11 is 5.98. The number of hydrogen-bond donors (Lipinski definition) is 2. The maximum Gasteiger partial charge on any atom is 0.227 e. The first-order valence-corrected chi connectivity index (χ1v) is 11.5. The number of aromatic nitrogens is 2. The highest BCUT2D eigenvalue weighted by atomic mass is 35.5. The van der Waals surface area contributed by atoms with E-state index in [0.29, 0.717) is 11.0 Å². The Hall–Kier alpha value is -3.15. The van der Waals surface area contributed by atoms with Gasteiger partial charge in [0.15, 0.2) is 0 Å². The molecule has 1 fully saturated rings. The number of halogens is 1. The van der Waals surface area contributed by atoms with Crippen LogP contribution >= 0.6 is 11.6 Å². The van der Waals surface area contributed by atoms with Gasteiger partial charge in [0, 0.05) is 46.6 Å². The Balaban J connectivity index is 1.34. The van der Waals surface area contributed by atoms with Crippen LogP contribution in [0.4, 0.5) is 17.3 Å². The first-order chi connectivity index (χ1) is 15.7. The van der Waals surface area contributed by atoms with Crippen molar-refractivity contribution in [2.75, 3.05) is 36.8 Å². The molecule has 0 radical (unpaired) electrons. The quantitative estimate of drug-likeness (QED) is 0.356. The van der Waals surface area contributed by atoms with Crippen LogP contribution in [-0.2, 0) is 0 Å². The van der Waals surface area contributed by atoms with Crippen LogP contribution in [0.3, 0.4) is 0 Å². The van der Waals surface area contributed by atoms with Crippen LogP contribution in [-0.4, -0.2) is 41.0 Å². The summed E-state index contributed by atoms with van der Waals surface area (Å²) in [6, 6.07) is 22.3. The first-order valence-electron chi connectivity index (χ1n) is 11.1. The fourth-order valence-corrected chi connectivity index (χ4v) is 4.27. The lowest BCUT2D eigenvalue weighted by Crippen LogP contribution is -2.25. The normalized spacial score (nSPS) is 14.0. The fourth-order valence-electron chi connectivity index (χ4n) is 4.14. The number of para-hydroxylation sites is 1. The molecule has 32 heavy (non-hydrogen) atoms. The number of likely N-dealkylation sites (tertiary alicyclic amines) is 1. The number of benzene rings is 3. The predicted octanol–water partition coefficient (Wildman–Crippen LogP) is 6.20. The number of hydrogen-bond acceptors (Lipinski definition) is 5. The molecular formula is C26H26ClN5. The molecule has 0 unspecified atom stereocenters. The summed E-state index contributed by atoms with van der Waals surface area (Å²) in [6.45, 7) is 4.54. The van der Waals surface area contributed by atoms with Gasteiger partial charge in [0.2, 0.25) is 5.95 Å². The lowest BCUT2D eigenvalue weighted by atomic mass is 10.0. The number of fused-ring (bicyclic) bond motifs is 1. The summed E-state index contributed by atoms with van der Waals surface area (Å²) in [5.41, 5.74) is 5.20. The maximum atomic E-state index is 5.98. The lowest BCUT2D eigenvalue weighted by Gasteiger charge is -2.15. The van der Waals surface area contributed by atoms with Crippen molar-refractivity contribution >= 4 is 39.8 Å². The Morgan fingerprint density at radius 1 is 0.875 bits per heavy atom. The van der Waals surface area contributed by atoms with Crippen LogP contribution in [0.25, 0.3) is 22.0 Å². The van der Waals surface area contributed by atoms with E-state index in [1.54, 1.807) is 0 Å². The third kappa shape index (κ3) is 4.85. The molecule has 2 N–H and O–H groups in total. The van der Waals surface area contributed by atoms with Crippen LogP contribution < -0.4 is 10.6 Å². The number of nitrogens with one attached hydrogen (secondary N) is 2. The van der Waals surface area contributed by atoms with Gasteiger partial charge in [0.05, 0.1) is 5.52 Å². The van der Waals surface area contributed by atoms with Crippen molar-refractivity contribution in [1.29, 1.82) is 0 Å². The second-order valence-electron chi connectivity index (χ2n) is 8.12. The van der Waals surface area contributed by atoms with Crippen molar-refractivity contribution in [2.24, 2.45) is 0 Å². The average molecular weight is 444 g/mol. The third-order valence-electron chi connectivity index (χ3n) is 5.86. The van der Waals surface area contributed by atoms with Crippen molar-refractivity contribution < 1.29 is 0 Å². The molecule has 1 aromatic heterocycles. The summed E-state index contributed by atoms with van der Waals surface area (Å²) in [5.74, 6) is 0.562. The van der Waals surface area contributed by atoms with Crippen LogP contribution in [0.5, 0.6) is 0 Å². The average Bonchev–Trinajstić information content (AvgIpc) is 3.34. The molecule has 0 bridgehead atoms. The van der Waals surface area contributed by atoms with Gasteiger partial charge in [-0.3, -0.25) is 0 Å². The molecule has 2 heterocycles. The van der Waals surface area contributed by atoms with Gasteiger partial charge in [-0.1, -0.05) is 41.9 Å². The summed E-state index contributed by atoms with van der Waals surface area (Å²) in [7, 11) is 0. The second-order valence-corrected chi connectivity index (χ2v) is 8.56. The third-order valence-corrected chi connectivity index (χ3v) is 6.11. The Morgan fingerprint density at radius 3 is 2.41 bits per heavy atom. The zero-order valence-electron chi connectivity index (χ0n) is 17.9. The Kier molecular flexibility index (Phi) is 6.19. The summed E-state index contributed by atoms with van der Waals surface area (Å²) in [6.07, 6.45) is 4.53. The lowest BCUT2D eigenvalue weighted by molar-refractivity contribution is 0.352. The summed E-state index contributed by atoms with van der Waals surface area (Å²) in [5, 5.41) is 8.51. The zero-order chi connectivity index (χ0) is 21.8.